The molecule has 30 heavy (non-hydrogen) atoms. The molecule has 3 aromatic rings. The van der Waals surface area contributed by atoms with Gasteiger partial charge in [-0.3, -0.25) is 14.5 Å². The topological polar surface area (TPSA) is 58.4 Å². The minimum Gasteiger partial charge on any atom is -0.339 e. The predicted molar refractivity (Wildman–Crippen MR) is 116 cm³/mol. The third-order valence-electron chi connectivity index (χ3n) is 5.55. The molecule has 0 saturated carbocycles. The highest BCUT2D eigenvalue weighted by atomic mass is 16.2. The molecule has 6 nitrogen and oxygen atoms in total. The minimum absolute atomic E-state index is 0.0126. The molecule has 1 aromatic heterocycles. The van der Waals surface area contributed by atoms with Gasteiger partial charge in [0.25, 0.3) is 5.56 Å². The number of carbonyl (C=O) groups excluding carboxylic acids is 1. The van der Waals surface area contributed by atoms with E-state index in [2.05, 4.69) is 58.5 Å². The van der Waals surface area contributed by atoms with Crippen molar-refractivity contribution in [1.29, 1.82) is 0 Å². The van der Waals surface area contributed by atoms with E-state index in [0.29, 0.717) is 13.1 Å². The average molecular weight is 402 g/mol. The lowest BCUT2D eigenvalue weighted by molar-refractivity contribution is -0.134. The van der Waals surface area contributed by atoms with Crippen molar-refractivity contribution >= 4 is 5.91 Å². The number of nitrogens with zero attached hydrogens (tertiary/aromatic N) is 4. The highest BCUT2D eigenvalue weighted by molar-refractivity contribution is 5.76. The predicted octanol–water partition coefficient (Wildman–Crippen LogP) is 2.49. The molecule has 0 spiro atoms. The van der Waals surface area contributed by atoms with E-state index in [1.54, 1.807) is 6.07 Å². The number of aryl methyl sites for hydroxylation is 1. The fourth-order valence-corrected chi connectivity index (χ4v) is 4.01. The van der Waals surface area contributed by atoms with Crippen LogP contribution in [0.4, 0.5) is 0 Å². The summed E-state index contributed by atoms with van der Waals surface area (Å²) in [5, 5.41) is 4.18. The molecule has 4 rings (SSSR count). The molecular weight excluding hydrogens is 376 g/mol. The van der Waals surface area contributed by atoms with Gasteiger partial charge in [0.15, 0.2) is 0 Å². The van der Waals surface area contributed by atoms with Crippen molar-refractivity contribution in [1.82, 2.24) is 19.6 Å². The van der Waals surface area contributed by atoms with Crippen LogP contribution in [-0.2, 0) is 11.3 Å². The molecule has 0 N–H and O–H groups in total. The van der Waals surface area contributed by atoms with Gasteiger partial charge in [0, 0.05) is 32.2 Å². The zero-order chi connectivity index (χ0) is 20.9. The molecule has 0 atom stereocenters. The normalized spacial score (nSPS) is 14.8. The van der Waals surface area contributed by atoms with Crippen LogP contribution in [-0.4, -0.2) is 51.7 Å². The van der Waals surface area contributed by atoms with E-state index in [-0.39, 0.29) is 24.1 Å². The summed E-state index contributed by atoms with van der Waals surface area (Å²) in [5.41, 5.74) is 2.97. The molecule has 0 unspecified atom stereocenters. The Labute approximate surface area is 176 Å². The van der Waals surface area contributed by atoms with Gasteiger partial charge < -0.3 is 4.90 Å². The first-order valence-corrected chi connectivity index (χ1v) is 10.3. The van der Waals surface area contributed by atoms with Crippen LogP contribution in [0.1, 0.15) is 22.9 Å². The standard InChI is InChI=1S/C24H26N4O2/c1-19-12-13-22(29)28(25-19)18-23(30)26-14-16-27(17-15-26)24(20-8-4-2-5-9-20)21-10-6-3-7-11-21/h2-13,24H,14-18H2,1H3. The summed E-state index contributed by atoms with van der Waals surface area (Å²) < 4.78 is 1.25. The highest BCUT2D eigenvalue weighted by Crippen LogP contribution is 2.29. The van der Waals surface area contributed by atoms with E-state index in [4.69, 9.17) is 0 Å². The van der Waals surface area contributed by atoms with E-state index in [9.17, 15) is 9.59 Å². The van der Waals surface area contributed by atoms with Gasteiger partial charge in [0.2, 0.25) is 5.91 Å². The maximum absolute atomic E-state index is 12.8. The van der Waals surface area contributed by atoms with Gasteiger partial charge in [0.05, 0.1) is 11.7 Å². The maximum atomic E-state index is 12.8. The lowest BCUT2D eigenvalue weighted by Crippen LogP contribution is -2.51. The first kappa shape index (κ1) is 20.0. The lowest BCUT2D eigenvalue weighted by Gasteiger charge is -2.39. The summed E-state index contributed by atoms with van der Waals surface area (Å²) in [6, 6.07) is 24.2. The van der Waals surface area contributed by atoms with Crippen molar-refractivity contribution in [2.75, 3.05) is 26.2 Å². The van der Waals surface area contributed by atoms with E-state index >= 15 is 0 Å². The van der Waals surface area contributed by atoms with Gasteiger partial charge in [-0.05, 0) is 24.1 Å². The van der Waals surface area contributed by atoms with E-state index in [1.165, 1.54) is 21.9 Å². The second-order valence-electron chi connectivity index (χ2n) is 7.61. The first-order chi connectivity index (χ1) is 14.6. The van der Waals surface area contributed by atoms with Crippen LogP contribution < -0.4 is 5.56 Å². The van der Waals surface area contributed by atoms with Gasteiger partial charge in [-0.15, -0.1) is 0 Å². The maximum Gasteiger partial charge on any atom is 0.267 e. The number of piperazine rings is 1. The molecule has 6 heteroatoms. The molecule has 1 fully saturated rings. The van der Waals surface area contributed by atoms with Crippen LogP contribution in [0.2, 0.25) is 0 Å². The second-order valence-corrected chi connectivity index (χ2v) is 7.61. The van der Waals surface area contributed by atoms with E-state index in [1.807, 2.05) is 24.0 Å². The van der Waals surface area contributed by atoms with Crippen molar-refractivity contribution in [3.8, 4) is 0 Å². The number of hydrogen-bond acceptors (Lipinski definition) is 4. The monoisotopic (exact) mass is 402 g/mol. The van der Waals surface area contributed by atoms with Crippen molar-refractivity contribution in [2.45, 2.75) is 19.5 Å². The Kier molecular flexibility index (Phi) is 6.05. The second kappa shape index (κ2) is 9.05. The Bertz CT molecular complexity index is 1000. The molecule has 0 aliphatic carbocycles. The Morgan fingerprint density at radius 2 is 1.43 bits per heavy atom. The van der Waals surface area contributed by atoms with Crippen LogP contribution in [0.5, 0.6) is 0 Å². The lowest BCUT2D eigenvalue weighted by atomic mass is 9.96. The molecule has 0 radical (unpaired) electrons. The SMILES string of the molecule is Cc1ccc(=O)n(CC(=O)N2CCN(C(c3ccccc3)c3ccccc3)CC2)n1. The Hall–Kier alpha value is -3.25. The summed E-state index contributed by atoms with van der Waals surface area (Å²) in [5.74, 6) is -0.0641. The van der Waals surface area contributed by atoms with Crippen LogP contribution in [0.3, 0.4) is 0 Å². The zero-order valence-electron chi connectivity index (χ0n) is 17.1. The highest BCUT2D eigenvalue weighted by Gasteiger charge is 2.28. The molecule has 1 aliphatic rings. The van der Waals surface area contributed by atoms with Crippen molar-refractivity contribution < 1.29 is 4.79 Å². The van der Waals surface area contributed by atoms with Gasteiger partial charge in [-0.1, -0.05) is 60.7 Å². The molecule has 1 aliphatic heterocycles. The van der Waals surface area contributed by atoms with Gasteiger partial charge in [-0.2, -0.15) is 5.10 Å². The molecule has 1 saturated heterocycles. The quantitative estimate of drug-likeness (QED) is 0.658. The molecule has 2 heterocycles. The summed E-state index contributed by atoms with van der Waals surface area (Å²) >= 11 is 0. The first-order valence-electron chi connectivity index (χ1n) is 10.3. The van der Waals surface area contributed by atoms with Crippen LogP contribution >= 0.6 is 0 Å². The van der Waals surface area contributed by atoms with Gasteiger partial charge in [0.1, 0.15) is 6.54 Å². The third kappa shape index (κ3) is 4.49. The molecule has 154 valence electrons. The Balaban J connectivity index is 1.46. The molecular formula is C24H26N4O2. The number of hydrogen-bond donors (Lipinski definition) is 0. The summed E-state index contributed by atoms with van der Waals surface area (Å²) in [7, 11) is 0. The molecule has 1 amide bonds. The van der Waals surface area contributed by atoms with Crippen molar-refractivity contribution in [3.63, 3.8) is 0 Å². The average Bonchev–Trinajstić information content (AvgIpc) is 2.78. The van der Waals surface area contributed by atoms with Gasteiger partial charge >= 0.3 is 0 Å². The van der Waals surface area contributed by atoms with Crippen LogP contribution in [0.15, 0.2) is 77.6 Å². The molecule has 2 aromatic carbocycles. The smallest absolute Gasteiger partial charge is 0.267 e. The Morgan fingerprint density at radius 1 is 0.867 bits per heavy atom. The number of benzene rings is 2. The number of rotatable bonds is 5. The summed E-state index contributed by atoms with van der Waals surface area (Å²) in [4.78, 5) is 29.0. The van der Waals surface area contributed by atoms with Crippen molar-refractivity contribution in [3.05, 3.63) is 100.0 Å². The fraction of sp³-hybridized carbons (Fsp3) is 0.292. The molecule has 0 bridgehead atoms. The van der Waals surface area contributed by atoms with Crippen molar-refractivity contribution in [2.24, 2.45) is 0 Å². The number of amides is 1. The van der Waals surface area contributed by atoms with Crippen LogP contribution in [0.25, 0.3) is 0 Å². The third-order valence-corrected chi connectivity index (χ3v) is 5.55. The number of carbonyl (C=O) groups is 1. The number of aromatic nitrogens is 2. The largest absolute Gasteiger partial charge is 0.339 e. The summed E-state index contributed by atoms with van der Waals surface area (Å²) in [6.45, 7) is 4.62. The Morgan fingerprint density at radius 3 is 2.00 bits per heavy atom. The summed E-state index contributed by atoms with van der Waals surface area (Å²) in [6.07, 6.45) is 0. The zero-order valence-corrected chi connectivity index (χ0v) is 17.1. The van der Waals surface area contributed by atoms with Gasteiger partial charge in [-0.25, -0.2) is 4.68 Å². The fourth-order valence-electron chi connectivity index (χ4n) is 4.01. The van der Waals surface area contributed by atoms with Crippen LogP contribution in [0, 0.1) is 6.92 Å². The minimum atomic E-state index is -0.249. The van der Waals surface area contributed by atoms with E-state index in [0.717, 1.165) is 18.8 Å². The van der Waals surface area contributed by atoms with E-state index < -0.39 is 0 Å².